The second-order valence-electron chi connectivity index (χ2n) is 8.79. The number of amidine groups is 1. The predicted octanol–water partition coefficient (Wildman–Crippen LogP) is 0.446. The second kappa shape index (κ2) is 7.56. The van der Waals surface area contributed by atoms with Crippen LogP contribution in [-0.4, -0.2) is 75.6 Å². The smallest absolute Gasteiger partial charge is 0.283 e. The summed E-state index contributed by atoms with van der Waals surface area (Å²) < 4.78 is 5.46. The van der Waals surface area contributed by atoms with E-state index in [0.717, 1.165) is 22.6 Å². The zero-order valence-electron chi connectivity index (χ0n) is 18.1. The lowest BCUT2D eigenvalue weighted by Gasteiger charge is -2.37. The third-order valence-electron chi connectivity index (χ3n) is 5.82. The number of carbonyl (C=O) groups is 1. The number of ether oxygens (including phenoxy) is 1. The fourth-order valence-corrected chi connectivity index (χ4v) is 4.10. The van der Waals surface area contributed by atoms with Crippen LogP contribution in [-0.2, 0) is 9.53 Å². The van der Waals surface area contributed by atoms with E-state index in [9.17, 15) is 4.79 Å². The topological polar surface area (TPSA) is 136 Å². The fourth-order valence-electron chi connectivity index (χ4n) is 4.10. The highest BCUT2D eigenvalue weighted by molar-refractivity contribution is 5.85. The Morgan fingerprint density at radius 3 is 2.72 bits per heavy atom. The normalized spacial score (nSPS) is 23.0. The van der Waals surface area contributed by atoms with Crippen molar-refractivity contribution in [2.45, 2.75) is 31.5 Å². The van der Waals surface area contributed by atoms with Gasteiger partial charge in [-0.05, 0) is 43.7 Å². The molecule has 2 aromatic heterocycles. The van der Waals surface area contributed by atoms with Crippen LogP contribution < -0.4 is 16.4 Å². The van der Waals surface area contributed by atoms with Crippen molar-refractivity contribution in [3.05, 3.63) is 42.3 Å². The number of piperazine rings is 1. The van der Waals surface area contributed by atoms with Crippen LogP contribution in [0, 0.1) is 0 Å². The first-order valence-electron chi connectivity index (χ1n) is 10.7. The average Bonchev–Trinajstić information content (AvgIpc) is 3.16. The maximum absolute atomic E-state index is 12.4. The Balaban J connectivity index is 1.35. The zero-order valence-corrected chi connectivity index (χ0v) is 18.1. The summed E-state index contributed by atoms with van der Waals surface area (Å²) >= 11 is 0. The van der Waals surface area contributed by atoms with Crippen molar-refractivity contribution in [3.8, 4) is 0 Å². The molecule has 2 aliphatic heterocycles. The number of amides is 1. The third-order valence-corrected chi connectivity index (χ3v) is 5.82. The molecule has 1 aliphatic carbocycles. The van der Waals surface area contributed by atoms with Crippen LogP contribution >= 0.6 is 0 Å². The summed E-state index contributed by atoms with van der Waals surface area (Å²) in [7, 11) is 0. The Kier molecular flexibility index (Phi) is 4.81. The molecule has 4 N–H and O–H groups in total. The maximum Gasteiger partial charge on any atom is 0.283 e. The van der Waals surface area contributed by atoms with Gasteiger partial charge in [0.1, 0.15) is 23.5 Å². The summed E-state index contributed by atoms with van der Waals surface area (Å²) in [6, 6.07) is 3.91. The van der Waals surface area contributed by atoms with Crippen molar-refractivity contribution >= 4 is 34.5 Å². The lowest BCUT2D eigenvalue weighted by atomic mass is 9.98. The summed E-state index contributed by atoms with van der Waals surface area (Å²) in [6.07, 6.45) is 7.52. The number of aliphatic imine (C=N–C) groups is 1. The number of carbonyl (C=O) groups excluding carboxylic acids is 1. The van der Waals surface area contributed by atoms with Gasteiger partial charge >= 0.3 is 0 Å². The van der Waals surface area contributed by atoms with Crippen molar-refractivity contribution in [2.24, 2.45) is 16.5 Å². The number of hydrogen-bond acceptors (Lipinski definition) is 9. The number of nitrogens with zero attached hydrogens (tertiary/aromatic N) is 6. The van der Waals surface area contributed by atoms with Crippen LogP contribution in [0.5, 0.6) is 0 Å². The third kappa shape index (κ3) is 3.77. The number of allylic oxidation sites excluding steroid dienone is 2. The molecule has 2 atom stereocenters. The van der Waals surface area contributed by atoms with E-state index in [0.29, 0.717) is 31.8 Å². The maximum atomic E-state index is 12.4. The second-order valence-corrected chi connectivity index (χ2v) is 8.79. The van der Waals surface area contributed by atoms with Gasteiger partial charge in [0, 0.05) is 26.2 Å². The molecule has 0 bridgehead atoms. The Labute approximate surface area is 185 Å². The Morgan fingerprint density at radius 1 is 1.19 bits per heavy atom. The summed E-state index contributed by atoms with van der Waals surface area (Å²) in [5.41, 5.74) is 13.8. The molecule has 0 spiro atoms. The standard InChI is InChI=1S/C22H26N8O2/c1-22(2,24)20(31)30-9-7-29(8-10-30)18-12-25-15-5-4-14(26-19(15)28-18)13-3-6-17-16(11-13)27-21(23)32-17/h3-6,11-12,16-17H,7-10,24H2,1-2H3,(H2,23,27). The molecule has 10 heteroatoms. The van der Waals surface area contributed by atoms with Gasteiger partial charge in [0.2, 0.25) is 5.91 Å². The minimum Gasteiger partial charge on any atom is -0.455 e. The van der Waals surface area contributed by atoms with Gasteiger partial charge < -0.3 is 26.0 Å². The fraction of sp³-hybridized carbons (Fsp3) is 0.409. The molecule has 1 fully saturated rings. The largest absolute Gasteiger partial charge is 0.455 e. The molecule has 1 amide bonds. The highest BCUT2D eigenvalue weighted by atomic mass is 16.5. The Hall–Kier alpha value is -3.53. The van der Waals surface area contributed by atoms with E-state index in [-0.39, 0.29) is 24.1 Å². The van der Waals surface area contributed by atoms with E-state index in [1.807, 2.05) is 30.4 Å². The average molecular weight is 435 g/mol. The van der Waals surface area contributed by atoms with Crippen molar-refractivity contribution < 1.29 is 9.53 Å². The molecule has 166 valence electrons. The molecular weight excluding hydrogens is 408 g/mol. The lowest BCUT2D eigenvalue weighted by molar-refractivity contribution is -0.136. The van der Waals surface area contributed by atoms with Gasteiger partial charge in [0.05, 0.1) is 17.4 Å². The Morgan fingerprint density at radius 2 is 1.97 bits per heavy atom. The van der Waals surface area contributed by atoms with Crippen LogP contribution in [0.15, 0.2) is 41.6 Å². The van der Waals surface area contributed by atoms with E-state index in [1.165, 1.54) is 0 Å². The van der Waals surface area contributed by atoms with Crippen LogP contribution in [0.1, 0.15) is 19.5 Å². The van der Waals surface area contributed by atoms with Gasteiger partial charge in [-0.3, -0.25) is 4.79 Å². The molecule has 32 heavy (non-hydrogen) atoms. The minimum atomic E-state index is -0.866. The van der Waals surface area contributed by atoms with E-state index >= 15 is 0 Å². The van der Waals surface area contributed by atoms with Gasteiger partial charge in [0.25, 0.3) is 6.02 Å². The predicted molar refractivity (Wildman–Crippen MR) is 122 cm³/mol. The number of pyridine rings is 1. The number of aromatic nitrogens is 3. The van der Waals surface area contributed by atoms with Crippen LogP contribution in [0.2, 0.25) is 0 Å². The first-order valence-corrected chi connectivity index (χ1v) is 10.7. The van der Waals surface area contributed by atoms with E-state index < -0.39 is 5.54 Å². The molecular formula is C22H26N8O2. The van der Waals surface area contributed by atoms with Crippen molar-refractivity contribution in [2.75, 3.05) is 31.1 Å². The van der Waals surface area contributed by atoms with Gasteiger partial charge in [-0.15, -0.1) is 0 Å². The van der Waals surface area contributed by atoms with E-state index in [4.69, 9.17) is 26.2 Å². The number of hydrogen-bond donors (Lipinski definition) is 2. The number of nitrogens with two attached hydrogens (primary N) is 2. The van der Waals surface area contributed by atoms with E-state index in [2.05, 4.69) is 14.9 Å². The molecule has 1 saturated heterocycles. The summed E-state index contributed by atoms with van der Waals surface area (Å²) in [6.45, 7) is 5.99. The minimum absolute atomic E-state index is 0.0390. The molecule has 0 radical (unpaired) electrons. The molecule has 0 aromatic carbocycles. The number of anilines is 1. The highest BCUT2D eigenvalue weighted by Crippen LogP contribution is 2.27. The quantitative estimate of drug-likeness (QED) is 0.711. The van der Waals surface area contributed by atoms with Crippen LogP contribution in [0.25, 0.3) is 16.7 Å². The molecule has 5 rings (SSSR count). The highest BCUT2D eigenvalue weighted by Gasteiger charge is 2.31. The van der Waals surface area contributed by atoms with Crippen molar-refractivity contribution in [1.29, 1.82) is 0 Å². The lowest BCUT2D eigenvalue weighted by Crippen LogP contribution is -2.57. The molecule has 10 nitrogen and oxygen atoms in total. The molecule has 2 aromatic rings. The van der Waals surface area contributed by atoms with Gasteiger partial charge in [0.15, 0.2) is 5.65 Å². The molecule has 0 saturated carbocycles. The van der Waals surface area contributed by atoms with E-state index in [1.54, 1.807) is 24.9 Å². The first kappa shape index (κ1) is 20.4. The first-order chi connectivity index (χ1) is 15.3. The van der Waals surface area contributed by atoms with Gasteiger partial charge in [-0.1, -0.05) is 6.08 Å². The summed E-state index contributed by atoms with van der Waals surface area (Å²) in [4.78, 5) is 34.7. The van der Waals surface area contributed by atoms with Crippen molar-refractivity contribution in [1.82, 2.24) is 19.9 Å². The summed E-state index contributed by atoms with van der Waals surface area (Å²) in [5, 5.41) is 0. The summed E-state index contributed by atoms with van der Waals surface area (Å²) in [5.74, 6) is 0.707. The Bertz CT molecular complexity index is 1160. The van der Waals surface area contributed by atoms with Gasteiger partial charge in [-0.25, -0.2) is 19.9 Å². The number of fused-ring (bicyclic) bond motifs is 2. The monoisotopic (exact) mass is 434 g/mol. The molecule has 2 unspecified atom stereocenters. The number of rotatable bonds is 3. The zero-order chi connectivity index (χ0) is 22.5. The van der Waals surface area contributed by atoms with Crippen LogP contribution in [0.4, 0.5) is 5.82 Å². The molecule has 3 aliphatic rings. The SMILES string of the molecule is CC(C)(N)C(=O)N1CCN(c2cnc3ccc(C4=CC5N=C(N)OC5C=C4)nc3n2)CC1. The van der Waals surface area contributed by atoms with Crippen molar-refractivity contribution in [3.63, 3.8) is 0 Å². The van der Waals surface area contributed by atoms with Crippen LogP contribution in [0.3, 0.4) is 0 Å². The van der Waals surface area contributed by atoms with Gasteiger partial charge in [-0.2, -0.15) is 0 Å². The molecule has 4 heterocycles.